The molecule has 5 rings (SSSR count). The number of piperidine rings is 2. The molecule has 0 radical (unpaired) electrons. The van der Waals surface area contributed by atoms with E-state index in [0.717, 1.165) is 43.8 Å². The molecule has 2 unspecified atom stereocenters. The summed E-state index contributed by atoms with van der Waals surface area (Å²) in [5, 5.41) is 2.34. The molecule has 198 valence electrons. The molecule has 3 aliphatic heterocycles. The van der Waals surface area contributed by atoms with Gasteiger partial charge in [0.25, 0.3) is 12.3 Å². The summed E-state index contributed by atoms with van der Waals surface area (Å²) < 4.78 is 27.6. The van der Waals surface area contributed by atoms with E-state index in [2.05, 4.69) is 40.2 Å². The highest BCUT2D eigenvalue weighted by Crippen LogP contribution is 2.31. The molecule has 2 fully saturated rings. The van der Waals surface area contributed by atoms with E-state index in [4.69, 9.17) is 4.74 Å². The smallest absolute Gasteiger partial charge is 0.255 e. The first-order chi connectivity index (χ1) is 17.8. The molecule has 2 aromatic carbocycles. The molecule has 3 heterocycles. The fourth-order valence-electron chi connectivity index (χ4n) is 4.91. The maximum atomic E-state index is 12.9. The number of ether oxygens (including phenoxy) is 1. The zero-order chi connectivity index (χ0) is 26.4. The lowest BCUT2D eigenvalue weighted by molar-refractivity contribution is -0.136. The number of likely N-dealkylation sites (tertiary alicyclic amines) is 1. The Bertz CT molecular complexity index is 1110. The topological polar surface area (TPSA) is 105 Å². The number of carbonyl (C=O) groups excluding carboxylic acids is 3. The van der Waals surface area contributed by atoms with Gasteiger partial charge in [-0.15, -0.1) is 0 Å². The molecule has 2 aromatic rings. The summed E-state index contributed by atoms with van der Waals surface area (Å²) in [6.07, 6.45) is 0.483. The van der Waals surface area contributed by atoms with Gasteiger partial charge in [-0.2, -0.15) is 0 Å². The molecule has 2 saturated heterocycles. The first kappa shape index (κ1) is 26.7. The maximum absolute atomic E-state index is 12.9. The second-order valence-electron chi connectivity index (χ2n) is 9.45. The Morgan fingerprint density at radius 2 is 1.84 bits per heavy atom. The number of hydrogen-bond acceptors (Lipinski definition) is 6. The molecule has 8 nitrogen and oxygen atoms in total. The second kappa shape index (κ2) is 12.2. The highest BCUT2D eigenvalue weighted by molar-refractivity contribution is 6.05. The largest absolute Gasteiger partial charge is 0.489 e. The van der Waals surface area contributed by atoms with E-state index in [1.165, 1.54) is 5.56 Å². The Morgan fingerprint density at radius 1 is 1.08 bits per heavy atom. The number of alkyl halides is 2. The van der Waals surface area contributed by atoms with E-state index in [0.29, 0.717) is 18.5 Å². The Morgan fingerprint density at radius 3 is 2.54 bits per heavy atom. The number of fused-ring (bicyclic) bond motifs is 1. The number of imide groups is 1. The number of carbonyl (C=O) groups is 3. The standard InChI is InChI=1S/C25H27N3O4.C2H5F2N/c29-23-11-10-22(24(30)26-23)28-15-18-13-19(8-9-21(18)25(28)31)32-20-7-4-12-27(16-20)14-17-5-2-1-3-6-17;3-2(4)1-5/h1-3,5-6,8-9,13,20,22H,4,7,10-12,14-16H2,(H,26,29,30);2H,1,5H2. The van der Waals surface area contributed by atoms with Crippen molar-refractivity contribution in [1.29, 1.82) is 0 Å². The predicted octanol–water partition coefficient (Wildman–Crippen LogP) is 2.70. The number of hydrogen-bond donors (Lipinski definition) is 2. The molecule has 3 amide bonds. The SMILES string of the molecule is NCC(F)F.O=C1CCC(N2Cc3cc(OC4CCCN(Cc5ccccc5)C4)ccc3C2=O)C(=O)N1. The van der Waals surface area contributed by atoms with Crippen LogP contribution in [0.25, 0.3) is 0 Å². The summed E-state index contributed by atoms with van der Waals surface area (Å²) in [5.41, 5.74) is 7.20. The van der Waals surface area contributed by atoms with Crippen molar-refractivity contribution in [3.05, 3.63) is 65.2 Å². The van der Waals surface area contributed by atoms with Gasteiger partial charge in [-0.05, 0) is 55.1 Å². The number of halogens is 2. The van der Waals surface area contributed by atoms with Crippen molar-refractivity contribution in [2.75, 3.05) is 19.6 Å². The monoisotopic (exact) mass is 514 g/mol. The van der Waals surface area contributed by atoms with Gasteiger partial charge in [0.15, 0.2) is 0 Å². The maximum Gasteiger partial charge on any atom is 0.255 e. The van der Waals surface area contributed by atoms with Crippen molar-refractivity contribution in [3.63, 3.8) is 0 Å². The van der Waals surface area contributed by atoms with E-state index in [9.17, 15) is 23.2 Å². The van der Waals surface area contributed by atoms with Gasteiger partial charge in [-0.1, -0.05) is 30.3 Å². The Labute approximate surface area is 214 Å². The van der Waals surface area contributed by atoms with Gasteiger partial charge in [0.05, 0.1) is 6.54 Å². The quantitative estimate of drug-likeness (QED) is 0.575. The number of rotatable bonds is 6. The minimum Gasteiger partial charge on any atom is -0.489 e. The van der Waals surface area contributed by atoms with Crippen molar-refractivity contribution in [2.45, 2.75) is 57.3 Å². The Hall–Kier alpha value is -3.37. The average Bonchev–Trinajstić information content (AvgIpc) is 3.20. The molecule has 2 atom stereocenters. The van der Waals surface area contributed by atoms with Crippen molar-refractivity contribution in [2.24, 2.45) is 5.73 Å². The molecule has 0 aromatic heterocycles. The second-order valence-corrected chi connectivity index (χ2v) is 9.45. The molecule has 0 bridgehead atoms. The summed E-state index contributed by atoms with van der Waals surface area (Å²) in [7, 11) is 0. The lowest BCUT2D eigenvalue weighted by Crippen LogP contribution is -2.52. The lowest BCUT2D eigenvalue weighted by Gasteiger charge is -2.33. The van der Waals surface area contributed by atoms with Crippen LogP contribution in [-0.4, -0.2) is 65.7 Å². The zero-order valence-corrected chi connectivity index (χ0v) is 20.6. The first-order valence-corrected chi connectivity index (χ1v) is 12.5. The minimum absolute atomic E-state index is 0.105. The molecular weight excluding hydrogens is 482 g/mol. The molecule has 0 spiro atoms. The van der Waals surface area contributed by atoms with Gasteiger partial charge < -0.3 is 15.4 Å². The minimum atomic E-state index is -2.34. The van der Waals surface area contributed by atoms with Crippen LogP contribution in [0.4, 0.5) is 8.78 Å². The number of nitrogens with one attached hydrogen (secondary N) is 1. The predicted molar refractivity (Wildman–Crippen MR) is 133 cm³/mol. The fourth-order valence-corrected chi connectivity index (χ4v) is 4.91. The number of nitrogens with two attached hydrogens (primary N) is 1. The zero-order valence-electron chi connectivity index (χ0n) is 20.6. The van der Waals surface area contributed by atoms with Crippen LogP contribution in [0.5, 0.6) is 5.75 Å². The molecule has 0 aliphatic carbocycles. The Balaban J connectivity index is 0.000000586. The molecule has 0 saturated carbocycles. The summed E-state index contributed by atoms with van der Waals surface area (Å²) >= 11 is 0. The van der Waals surface area contributed by atoms with Crippen molar-refractivity contribution < 1.29 is 27.9 Å². The van der Waals surface area contributed by atoms with Gasteiger partial charge >= 0.3 is 0 Å². The summed E-state index contributed by atoms with van der Waals surface area (Å²) in [6, 6.07) is 15.4. The van der Waals surface area contributed by atoms with Crippen LogP contribution in [0.15, 0.2) is 48.5 Å². The van der Waals surface area contributed by atoms with Crippen LogP contribution in [0.2, 0.25) is 0 Å². The van der Waals surface area contributed by atoms with E-state index in [-0.39, 0.29) is 30.2 Å². The van der Waals surface area contributed by atoms with E-state index >= 15 is 0 Å². The molecule has 37 heavy (non-hydrogen) atoms. The van der Waals surface area contributed by atoms with Crippen LogP contribution in [0, 0.1) is 0 Å². The summed E-state index contributed by atoms with van der Waals surface area (Å²) in [5.74, 6) is -0.0690. The van der Waals surface area contributed by atoms with Crippen LogP contribution in [-0.2, 0) is 22.7 Å². The van der Waals surface area contributed by atoms with Crippen LogP contribution < -0.4 is 15.8 Å². The van der Waals surface area contributed by atoms with Gasteiger partial charge in [0, 0.05) is 31.6 Å². The van der Waals surface area contributed by atoms with Crippen LogP contribution >= 0.6 is 0 Å². The van der Waals surface area contributed by atoms with E-state index < -0.39 is 19.0 Å². The molecule has 10 heteroatoms. The Kier molecular flexibility index (Phi) is 8.83. The third-order valence-corrected chi connectivity index (χ3v) is 6.69. The fraction of sp³-hybridized carbons (Fsp3) is 0.444. The summed E-state index contributed by atoms with van der Waals surface area (Å²) in [6.45, 7) is 2.68. The number of nitrogens with zero attached hydrogens (tertiary/aromatic N) is 2. The third-order valence-electron chi connectivity index (χ3n) is 6.69. The number of amides is 3. The van der Waals surface area contributed by atoms with Crippen molar-refractivity contribution in [3.8, 4) is 5.75 Å². The summed E-state index contributed by atoms with van der Waals surface area (Å²) in [4.78, 5) is 40.5. The van der Waals surface area contributed by atoms with Crippen molar-refractivity contribution >= 4 is 17.7 Å². The van der Waals surface area contributed by atoms with Gasteiger partial charge in [-0.25, -0.2) is 8.78 Å². The van der Waals surface area contributed by atoms with Gasteiger partial charge in [0.2, 0.25) is 11.8 Å². The van der Waals surface area contributed by atoms with Crippen LogP contribution in [0.3, 0.4) is 0 Å². The van der Waals surface area contributed by atoms with Crippen molar-refractivity contribution in [1.82, 2.24) is 15.1 Å². The normalized spacial score (nSPS) is 21.8. The van der Waals surface area contributed by atoms with Crippen LogP contribution in [0.1, 0.15) is 47.2 Å². The lowest BCUT2D eigenvalue weighted by atomic mass is 10.0. The highest BCUT2D eigenvalue weighted by atomic mass is 19.3. The van der Waals surface area contributed by atoms with Gasteiger partial charge in [0.1, 0.15) is 17.9 Å². The third kappa shape index (κ3) is 6.90. The molecule has 3 aliphatic rings. The average molecular weight is 515 g/mol. The van der Waals surface area contributed by atoms with E-state index in [1.54, 1.807) is 11.0 Å². The van der Waals surface area contributed by atoms with Gasteiger partial charge in [-0.3, -0.25) is 24.6 Å². The molecule has 3 N–H and O–H groups in total. The molecular formula is C27H32F2N4O4. The highest BCUT2D eigenvalue weighted by Gasteiger charge is 2.39. The van der Waals surface area contributed by atoms with E-state index in [1.807, 2.05) is 18.2 Å². The number of benzene rings is 2. The first-order valence-electron chi connectivity index (χ1n) is 12.5.